The van der Waals surface area contributed by atoms with Crippen molar-refractivity contribution in [2.75, 3.05) is 13.2 Å². The first-order chi connectivity index (χ1) is 10.1. The highest BCUT2D eigenvalue weighted by atomic mass is 79.9. The van der Waals surface area contributed by atoms with E-state index in [0.29, 0.717) is 13.2 Å². The van der Waals surface area contributed by atoms with Crippen LogP contribution < -0.4 is 4.74 Å². The van der Waals surface area contributed by atoms with Gasteiger partial charge in [0, 0.05) is 17.1 Å². The molecule has 1 atom stereocenters. The van der Waals surface area contributed by atoms with Crippen molar-refractivity contribution >= 4 is 27.8 Å². The van der Waals surface area contributed by atoms with E-state index in [4.69, 9.17) is 9.84 Å². The summed E-state index contributed by atoms with van der Waals surface area (Å²) in [7, 11) is 0. The van der Waals surface area contributed by atoms with Crippen molar-refractivity contribution in [2.45, 2.75) is 31.7 Å². The second kappa shape index (κ2) is 7.45. The summed E-state index contributed by atoms with van der Waals surface area (Å²) in [4.78, 5) is 24.6. The second-order valence-corrected chi connectivity index (χ2v) is 5.95. The van der Waals surface area contributed by atoms with E-state index in [1.807, 2.05) is 24.3 Å². The minimum Gasteiger partial charge on any atom is -0.493 e. The standard InChI is InChI=1S/C15H18BrNO4/c16-11-3-5-13(6-4-11)21-9-7-14(18)17-8-1-2-12(17)10-15(19)20/h3-6,12H,1-2,7-10H2,(H,19,20). The fourth-order valence-corrected chi connectivity index (χ4v) is 2.77. The second-order valence-electron chi connectivity index (χ2n) is 5.03. The van der Waals surface area contributed by atoms with Crippen LogP contribution in [0.25, 0.3) is 0 Å². The number of ether oxygens (including phenoxy) is 1. The van der Waals surface area contributed by atoms with E-state index in [-0.39, 0.29) is 24.8 Å². The van der Waals surface area contributed by atoms with Gasteiger partial charge in [-0.05, 0) is 37.1 Å². The van der Waals surface area contributed by atoms with Gasteiger partial charge in [-0.25, -0.2) is 0 Å². The molecule has 1 unspecified atom stereocenters. The summed E-state index contributed by atoms with van der Waals surface area (Å²) in [5.74, 6) is -0.170. The zero-order valence-corrected chi connectivity index (χ0v) is 13.2. The molecule has 1 aromatic rings. The van der Waals surface area contributed by atoms with Crippen molar-refractivity contribution in [3.05, 3.63) is 28.7 Å². The Morgan fingerprint density at radius 1 is 1.33 bits per heavy atom. The third-order valence-electron chi connectivity index (χ3n) is 3.51. The molecule has 0 bridgehead atoms. The highest BCUT2D eigenvalue weighted by Gasteiger charge is 2.29. The Kier molecular flexibility index (Phi) is 5.61. The third kappa shape index (κ3) is 4.74. The number of carboxylic acids is 1. The van der Waals surface area contributed by atoms with Crippen LogP contribution in [0.1, 0.15) is 25.7 Å². The number of aliphatic carboxylic acids is 1. The topological polar surface area (TPSA) is 66.8 Å². The van der Waals surface area contributed by atoms with Crippen molar-refractivity contribution in [3.63, 3.8) is 0 Å². The molecule has 5 nitrogen and oxygen atoms in total. The van der Waals surface area contributed by atoms with Crippen LogP contribution in [0.2, 0.25) is 0 Å². The molecule has 1 aliphatic heterocycles. The lowest BCUT2D eigenvalue weighted by atomic mass is 10.1. The van der Waals surface area contributed by atoms with Gasteiger partial charge in [0.15, 0.2) is 0 Å². The lowest BCUT2D eigenvalue weighted by molar-refractivity contribution is -0.140. The van der Waals surface area contributed by atoms with Gasteiger partial charge < -0.3 is 14.7 Å². The number of likely N-dealkylation sites (tertiary alicyclic amines) is 1. The first-order valence-corrected chi connectivity index (χ1v) is 7.75. The number of rotatable bonds is 6. The van der Waals surface area contributed by atoms with Crippen molar-refractivity contribution in [3.8, 4) is 5.75 Å². The molecule has 0 aromatic heterocycles. The SMILES string of the molecule is O=C(O)CC1CCCN1C(=O)CCOc1ccc(Br)cc1. The largest absolute Gasteiger partial charge is 0.493 e. The van der Waals surface area contributed by atoms with Crippen LogP contribution in [0.15, 0.2) is 28.7 Å². The highest BCUT2D eigenvalue weighted by molar-refractivity contribution is 9.10. The van der Waals surface area contributed by atoms with Gasteiger partial charge >= 0.3 is 5.97 Å². The van der Waals surface area contributed by atoms with Crippen LogP contribution in [0, 0.1) is 0 Å². The van der Waals surface area contributed by atoms with Crippen molar-refractivity contribution in [1.82, 2.24) is 4.90 Å². The van der Waals surface area contributed by atoms with Crippen LogP contribution in [0.5, 0.6) is 5.75 Å². The summed E-state index contributed by atoms with van der Waals surface area (Å²) in [6.07, 6.45) is 1.94. The molecule has 2 rings (SSSR count). The van der Waals surface area contributed by atoms with Gasteiger partial charge in [-0.2, -0.15) is 0 Å². The monoisotopic (exact) mass is 355 g/mol. The number of hydrogen-bond donors (Lipinski definition) is 1. The molecular formula is C15H18BrNO4. The van der Waals surface area contributed by atoms with Gasteiger partial charge in [0.25, 0.3) is 0 Å². The van der Waals surface area contributed by atoms with Crippen LogP contribution in [0.3, 0.4) is 0 Å². The predicted molar refractivity (Wildman–Crippen MR) is 81.2 cm³/mol. The van der Waals surface area contributed by atoms with E-state index in [2.05, 4.69) is 15.9 Å². The van der Waals surface area contributed by atoms with Gasteiger partial charge in [0.1, 0.15) is 5.75 Å². The zero-order chi connectivity index (χ0) is 15.2. The predicted octanol–water partition coefficient (Wildman–Crippen LogP) is 2.68. The van der Waals surface area contributed by atoms with Gasteiger partial charge in [0.05, 0.1) is 19.4 Å². The lowest BCUT2D eigenvalue weighted by Gasteiger charge is -2.23. The Hall–Kier alpha value is -1.56. The molecule has 0 aliphatic carbocycles. The Balaban J connectivity index is 1.78. The van der Waals surface area contributed by atoms with Crippen LogP contribution in [-0.4, -0.2) is 41.1 Å². The molecular weight excluding hydrogens is 338 g/mol. The van der Waals surface area contributed by atoms with Crippen LogP contribution >= 0.6 is 15.9 Å². The number of hydrogen-bond acceptors (Lipinski definition) is 3. The van der Waals surface area contributed by atoms with Gasteiger partial charge in [-0.15, -0.1) is 0 Å². The summed E-state index contributed by atoms with van der Waals surface area (Å²) in [6, 6.07) is 7.25. The molecule has 1 aliphatic rings. The minimum atomic E-state index is -0.856. The Labute approximate surface area is 132 Å². The summed E-state index contributed by atoms with van der Waals surface area (Å²) in [5.41, 5.74) is 0. The van der Waals surface area contributed by atoms with Gasteiger partial charge in [0.2, 0.25) is 5.91 Å². The molecule has 114 valence electrons. The number of carbonyl (C=O) groups is 2. The number of nitrogens with zero attached hydrogens (tertiary/aromatic N) is 1. The molecule has 1 aromatic carbocycles. The summed E-state index contributed by atoms with van der Waals surface area (Å²) in [6.45, 7) is 0.950. The van der Waals surface area contributed by atoms with E-state index < -0.39 is 5.97 Å². The van der Waals surface area contributed by atoms with E-state index >= 15 is 0 Å². The summed E-state index contributed by atoms with van der Waals surface area (Å²) in [5, 5.41) is 8.85. The molecule has 0 saturated carbocycles. The first-order valence-electron chi connectivity index (χ1n) is 6.96. The van der Waals surface area contributed by atoms with Gasteiger partial charge in [-0.1, -0.05) is 15.9 Å². The van der Waals surface area contributed by atoms with E-state index in [1.54, 1.807) is 4.90 Å². The first kappa shape index (κ1) is 15.8. The number of carbonyl (C=O) groups excluding carboxylic acids is 1. The Bertz CT molecular complexity index is 503. The average molecular weight is 356 g/mol. The van der Waals surface area contributed by atoms with Crippen LogP contribution in [0.4, 0.5) is 0 Å². The van der Waals surface area contributed by atoms with Crippen LogP contribution in [-0.2, 0) is 9.59 Å². The zero-order valence-electron chi connectivity index (χ0n) is 11.6. The fraction of sp³-hybridized carbons (Fsp3) is 0.467. The molecule has 1 heterocycles. The Morgan fingerprint density at radius 2 is 2.05 bits per heavy atom. The van der Waals surface area contributed by atoms with E-state index in [9.17, 15) is 9.59 Å². The number of halogens is 1. The van der Waals surface area contributed by atoms with E-state index in [0.717, 1.165) is 23.1 Å². The molecule has 1 amide bonds. The van der Waals surface area contributed by atoms with Crippen molar-refractivity contribution < 1.29 is 19.4 Å². The smallest absolute Gasteiger partial charge is 0.305 e. The molecule has 0 radical (unpaired) electrons. The average Bonchev–Trinajstić information content (AvgIpc) is 2.88. The molecule has 0 spiro atoms. The molecule has 1 fully saturated rings. The summed E-state index contributed by atoms with van der Waals surface area (Å²) < 4.78 is 6.49. The fourth-order valence-electron chi connectivity index (χ4n) is 2.51. The Morgan fingerprint density at radius 3 is 2.71 bits per heavy atom. The summed E-state index contributed by atoms with van der Waals surface area (Å²) >= 11 is 3.34. The lowest BCUT2D eigenvalue weighted by Crippen LogP contribution is -2.37. The maximum Gasteiger partial charge on any atom is 0.305 e. The highest BCUT2D eigenvalue weighted by Crippen LogP contribution is 2.21. The number of amides is 1. The van der Waals surface area contributed by atoms with Gasteiger partial charge in [-0.3, -0.25) is 9.59 Å². The maximum absolute atomic E-state index is 12.1. The molecule has 6 heteroatoms. The quantitative estimate of drug-likeness (QED) is 0.851. The van der Waals surface area contributed by atoms with E-state index in [1.165, 1.54) is 0 Å². The van der Waals surface area contributed by atoms with Crippen molar-refractivity contribution in [1.29, 1.82) is 0 Å². The van der Waals surface area contributed by atoms with Crippen molar-refractivity contribution in [2.24, 2.45) is 0 Å². The molecule has 1 saturated heterocycles. The molecule has 1 N–H and O–H groups in total. The minimum absolute atomic E-state index is 0.0271. The number of benzene rings is 1. The molecule has 21 heavy (non-hydrogen) atoms. The maximum atomic E-state index is 12.1. The third-order valence-corrected chi connectivity index (χ3v) is 4.03. The number of carboxylic acid groups (broad SMARTS) is 1. The normalized spacial score (nSPS) is 17.8.